The molecule has 442 valence electrons. The van der Waals surface area contributed by atoms with Crippen LogP contribution in [0.4, 0.5) is 0 Å². The summed E-state index contributed by atoms with van der Waals surface area (Å²) in [6.45, 7) is 10.8. The van der Waals surface area contributed by atoms with Crippen molar-refractivity contribution in [2.45, 2.75) is 141 Å². The van der Waals surface area contributed by atoms with Gasteiger partial charge in [-0.1, -0.05) is 89.9 Å². The number of carbonyl (C=O) groups is 5. The van der Waals surface area contributed by atoms with Gasteiger partial charge < -0.3 is 83.0 Å². The maximum absolute atomic E-state index is 12.4. The first-order chi connectivity index (χ1) is 36.8. The number of unbranched alkanes of at least 4 members (excludes halogenated alkanes) is 15. The second-order valence-corrected chi connectivity index (χ2v) is 17.7. The highest BCUT2D eigenvalue weighted by molar-refractivity contribution is 5.84. The van der Waals surface area contributed by atoms with Gasteiger partial charge in [0.15, 0.2) is 0 Å². The molecule has 0 saturated carbocycles. The highest BCUT2D eigenvalue weighted by atomic mass is 16.6. The first-order valence-corrected chi connectivity index (χ1v) is 27.9. The fraction of sp³-hybridized carbons (Fsp3) is 0.906. The number of amides is 3. The van der Waals surface area contributed by atoms with Gasteiger partial charge in [0.2, 0.25) is 17.7 Å². The van der Waals surface area contributed by atoms with E-state index in [-0.39, 0.29) is 56.6 Å². The van der Waals surface area contributed by atoms with E-state index in [0.29, 0.717) is 165 Å². The van der Waals surface area contributed by atoms with E-state index in [9.17, 15) is 29.1 Å². The molecule has 22 heteroatoms. The summed E-state index contributed by atoms with van der Waals surface area (Å²) in [6, 6.07) is -1.11. The summed E-state index contributed by atoms with van der Waals surface area (Å²) in [5.74, 6) is -2.51. The minimum absolute atomic E-state index is 0.00807. The van der Waals surface area contributed by atoms with Gasteiger partial charge in [-0.3, -0.25) is 19.2 Å². The predicted molar refractivity (Wildman–Crippen MR) is 281 cm³/mol. The summed E-state index contributed by atoms with van der Waals surface area (Å²) in [6.07, 6.45) is 18.9. The Morgan fingerprint density at radius 1 is 0.320 bits per heavy atom. The normalized spacial score (nSPS) is 11.7. The summed E-state index contributed by atoms with van der Waals surface area (Å²) in [5, 5.41) is 26.0. The topological polar surface area (TPSA) is 273 Å². The molecule has 0 spiro atoms. The maximum atomic E-state index is 12.4. The molecule has 0 aromatic rings. The lowest BCUT2D eigenvalue weighted by Gasteiger charge is -2.14. The molecule has 0 aromatic heterocycles. The average molecular weight is 1080 g/mol. The summed E-state index contributed by atoms with van der Waals surface area (Å²) in [5.41, 5.74) is 0. The van der Waals surface area contributed by atoms with Crippen LogP contribution in [0.15, 0.2) is 0 Å². The second kappa shape index (κ2) is 60.1. The van der Waals surface area contributed by atoms with Crippen LogP contribution in [-0.4, -0.2) is 218 Å². The van der Waals surface area contributed by atoms with E-state index in [1.807, 2.05) is 0 Å². The number of aliphatic carboxylic acids is 2. The molecule has 0 aliphatic rings. The molecule has 0 aliphatic heterocycles. The van der Waals surface area contributed by atoms with Crippen molar-refractivity contribution in [2.24, 2.45) is 0 Å². The summed E-state index contributed by atoms with van der Waals surface area (Å²) in [4.78, 5) is 57.9. The van der Waals surface area contributed by atoms with Crippen LogP contribution >= 0.6 is 0 Å². The minimum Gasteiger partial charge on any atom is -0.481 e. The van der Waals surface area contributed by atoms with Crippen LogP contribution in [0.3, 0.4) is 0 Å². The molecule has 0 radical (unpaired) electrons. The number of carboxylic acids is 2. The summed E-state index contributed by atoms with van der Waals surface area (Å²) < 4.78 is 65.6. The number of hydrogen-bond acceptors (Lipinski definition) is 17. The Balaban J connectivity index is 3.38. The van der Waals surface area contributed by atoms with Gasteiger partial charge in [0.05, 0.1) is 159 Å². The Labute approximate surface area is 448 Å². The number of hydrogen-bond donors (Lipinski definition) is 5. The Hall–Kier alpha value is -3.13. The van der Waals surface area contributed by atoms with Gasteiger partial charge in [-0.2, -0.15) is 0 Å². The Bertz CT molecular complexity index is 1290. The molecule has 22 nitrogen and oxygen atoms in total. The number of ether oxygens (including phenoxy) is 12. The lowest BCUT2D eigenvalue weighted by atomic mass is 10.0. The summed E-state index contributed by atoms with van der Waals surface area (Å²) >= 11 is 0. The van der Waals surface area contributed by atoms with E-state index in [1.165, 1.54) is 57.8 Å². The zero-order chi connectivity index (χ0) is 54.6. The predicted octanol–water partition coefficient (Wildman–Crippen LogP) is 4.89. The van der Waals surface area contributed by atoms with E-state index in [4.69, 9.17) is 61.9 Å². The number of carboxylic acid groups (broad SMARTS) is 2. The van der Waals surface area contributed by atoms with Gasteiger partial charge in [-0.15, -0.1) is 0 Å². The van der Waals surface area contributed by atoms with Crippen LogP contribution in [0.25, 0.3) is 0 Å². The summed E-state index contributed by atoms with van der Waals surface area (Å²) in [7, 11) is 1.60. The molecule has 0 unspecified atom stereocenters. The van der Waals surface area contributed by atoms with E-state index >= 15 is 0 Å². The Kier molecular flexibility index (Phi) is 57.6. The molecule has 0 heterocycles. The highest BCUT2D eigenvalue weighted by Gasteiger charge is 2.21. The van der Waals surface area contributed by atoms with Crippen LogP contribution < -0.4 is 16.0 Å². The fourth-order valence-corrected chi connectivity index (χ4v) is 7.00. The van der Waals surface area contributed by atoms with Crippen LogP contribution in [0, 0.1) is 0 Å². The molecular formula is C53H101N3O19. The molecule has 0 fully saturated rings. The van der Waals surface area contributed by atoms with Gasteiger partial charge in [0, 0.05) is 39.3 Å². The Morgan fingerprint density at radius 3 is 0.893 bits per heavy atom. The molecule has 0 aliphatic carbocycles. The third kappa shape index (κ3) is 60.0. The van der Waals surface area contributed by atoms with Crippen molar-refractivity contribution in [3.8, 4) is 0 Å². The third-order valence-electron chi connectivity index (χ3n) is 11.3. The molecule has 5 N–H and O–H groups in total. The van der Waals surface area contributed by atoms with Gasteiger partial charge in [0.1, 0.15) is 6.04 Å². The van der Waals surface area contributed by atoms with Crippen molar-refractivity contribution in [1.82, 2.24) is 16.0 Å². The van der Waals surface area contributed by atoms with E-state index < -0.39 is 18.0 Å². The van der Waals surface area contributed by atoms with E-state index in [1.54, 1.807) is 7.05 Å². The average Bonchev–Trinajstić information content (AvgIpc) is 3.39. The van der Waals surface area contributed by atoms with Crippen LogP contribution in [0.2, 0.25) is 0 Å². The quantitative estimate of drug-likeness (QED) is 0.0507. The second-order valence-electron chi connectivity index (χ2n) is 17.7. The van der Waals surface area contributed by atoms with Gasteiger partial charge in [-0.25, -0.2) is 4.79 Å². The van der Waals surface area contributed by atoms with Crippen molar-refractivity contribution in [3.63, 3.8) is 0 Å². The molecular weight excluding hydrogens is 983 g/mol. The number of rotatable bonds is 63. The number of nitrogens with one attached hydrogen (secondary N) is 3. The van der Waals surface area contributed by atoms with Crippen molar-refractivity contribution < 1.29 is 91.0 Å². The molecule has 0 saturated heterocycles. The van der Waals surface area contributed by atoms with Crippen molar-refractivity contribution in [3.05, 3.63) is 0 Å². The van der Waals surface area contributed by atoms with Gasteiger partial charge in [-0.05, 0) is 19.3 Å². The van der Waals surface area contributed by atoms with Crippen LogP contribution in [-0.2, 0) is 80.8 Å². The van der Waals surface area contributed by atoms with Crippen LogP contribution in [0.1, 0.15) is 135 Å². The smallest absolute Gasteiger partial charge is 0.326 e. The third-order valence-corrected chi connectivity index (χ3v) is 11.3. The molecule has 0 rings (SSSR count). The van der Waals surface area contributed by atoms with Crippen molar-refractivity contribution >= 4 is 29.7 Å². The minimum atomic E-state index is -1.16. The largest absolute Gasteiger partial charge is 0.481 e. The zero-order valence-corrected chi connectivity index (χ0v) is 45.9. The standard InChI is InChI=1S/C53H101N3O19/c1-54-49(57)22-24-64-26-28-66-30-32-68-34-36-70-38-40-72-42-44-74-46-47-75-45-43-73-41-39-71-37-35-69-33-31-67-29-27-65-25-23-55-50(58)21-20-48(53(62)63)56-51(59)18-16-14-12-10-8-6-4-2-3-5-7-9-11-13-15-17-19-52(60)61/h48H,2-47H2,1H3,(H,54,57)(H,55,58)(H,56,59)(H,60,61)(H,62,63)/t48-/m0/s1. The first kappa shape index (κ1) is 71.9. The monoisotopic (exact) mass is 1080 g/mol. The lowest BCUT2D eigenvalue weighted by molar-refractivity contribution is -0.142. The van der Waals surface area contributed by atoms with Crippen molar-refractivity contribution in [1.29, 1.82) is 0 Å². The van der Waals surface area contributed by atoms with Gasteiger partial charge >= 0.3 is 11.9 Å². The lowest BCUT2D eigenvalue weighted by Crippen LogP contribution is -2.41. The number of carbonyl (C=O) groups excluding carboxylic acids is 3. The SMILES string of the molecule is CNC(=O)CCOCCOCCOCCOCCOCCOCCOCCOCCOCCOCCOCCOCCNC(=O)CC[C@H](NC(=O)CCCCCCCCCCCCCCCCCCC(=O)O)C(=O)O. The molecule has 3 amide bonds. The van der Waals surface area contributed by atoms with E-state index in [2.05, 4.69) is 16.0 Å². The maximum Gasteiger partial charge on any atom is 0.326 e. The highest BCUT2D eigenvalue weighted by Crippen LogP contribution is 2.14. The Morgan fingerprint density at radius 2 is 0.600 bits per heavy atom. The van der Waals surface area contributed by atoms with Crippen molar-refractivity contribution in [2.75, 3.05) is 172 Å². The fourth-order valence-electron chi connectivity index (χ4n) is 7.00. The van der Waals surface area contributed by atoms with Gasteiger partial charge in [0.25, 0.3) is 0 Å². The molecule has 0 aromatic carbocycles. The molecule has 1 atom stereocenters. The zero-order valence-electron chi connectivity index (χ0n) is 45.9. The first-order valence-electron chi connectivity index (χ1n) is 27.9. The molecule has 0 bridgehead atoms. The van der Waals surface area contributed by atoms with Crippen LogP contribution in [0.5, 0.6) is 0 Å². The molecule has 75 heavy (non-hydrogen) atoms. The van der Waals surface area contributed by atoms with E-state index in [0.717, 1.165) is 38.5 Å².